The fraction of sp³-hybridized carbons (Fsp3) is 0.538. The van der Waals surface area contributed by atoms with Crippen molar-refractivity contribution < 1.29 is 9.47 Å². The van der Waals surface area contributed by atoms with Gasteiger partial charge >= 0.3 is 0 Å². The van der Waals surface area contributed by atoms with E-state index >= 15 is 0 Å². The van der Waals surface area contributed by atoms with Crippen LogP contribution in [0.4, 0.5) is 0 Å². The van der Waals surface area contributed by atoms with Gasteiger partial charge in [0.1, 0.15) is 5.75 Å². The molecule has 0 fully saturated rings. The second-order valence-corrected chi connectivity index (χ2v) is 3.64. The van der Waals surface area contributed by atoms with Gasteiger partial charge in [0.15, 0.2) is 0 Å². The standard InChI is InChI=1S/C13H21NO2/c1-3-8-16-9-7-14-11-12-5-4-6-13(10-12)15-2/h4-6,10,14H,3,7-9,11H2,1-2H3. The molecule has 0 saturated carbocycles. The van der Waals surface area contributed by atoms with Crippen molar-refractivity contribution in [1.82, 2.24) is 5.32 Å². The molecule has 0 heterocycles. The number of ether oxygens (including phenoxy) is 2. The van der Waals surface area contributed by atoms with Crippen molar-refractivity contribution in [1.29, 1.82) is 0 Å². The van der Waals surface area contributed by atoms with Crippen LogP contribution >= 0.6 is 0 Å². The topological polar surface area (TPSA) is 30.5 Å². The Morgan fingerprint density at radius 1 is 1.25 bits per heavy atom. The van der Waals surface area contributed by atoms with E-state index in [-0.39, 0.29) is 0 Å². The Kier molecular flexibility index (Phi) is 6.61. The molecule has 0 spiro atoms. The highest BCUT2D eigenvalue weighted by molar-refractivity contribution is 5.28. The Bertz CT molecular complexity index is 289. The second kappa shape index (κ2) is 8.13. The summed E-state index contributed by atoms with van der Waals surface area (Å²) in [5.41, 5.74) is 1.23. The maximum Gasteiger partial charge on any atom is 0.119 e. The zero-order valence-electron chi connectivity index (χ0n) is 10.2. The van der Waals surface area contributed by atoms with Crippen molar-refractivity contribution in [2.24, 2.45) is 0 Å². The largest absolute Gasteiger partial charge is 0.497 e. The van der Waals surface area contributed by atoms with Crippen LogP contribution in [0.3, 0.4) is 0 Å². The van der Waals surface area contributed by atoms with Crippen LogP contribution < -0.4 is 10.1 Å². The third kappa shape index (κ3) is 5.14. The molecule has 0 aliphatic heterocycles. The number of methoxy groups -OCH3 is 1. The van der Waals surface area contributed by atoms with E-state index in [1.165, 1.54) is 5.56 Å². The molecule has 16 heavy (non-hydrogen) atoms. The van der Waals surface area contributed by atoms with Gasteiger partial charge in [-0.2, -0.15) is 0 Å². The van der Waals surface area contributed by atoms with E-state index in [0.29, 0.717) is 0 Å². The van der Waals surface area contributed by atoms with E-state index in [1.54, 1.807) is 7.11 Å². The first-order valence-corrected chi connectivity index (χ1v) is 5.78. The predicted octanol–water partition coefficient (Wildman–Crippen LogP) is 2.21. The molecule has 0 amide bonds. The average molecular weight is 223 g/mol. The minimum atomic E-state index is 0.776. The Morgan fingerprint density at radius 2 is 2.12 bits per heavy atom. The highest BCUT2D eigenvalue weighted by atomic mass is 16.5. The molecule has 3 nitrogen and oxygen atoms in total. The SMILES string of the molecule is CCCOCCNCc1cccc(OC)c1. The Morgan fingerprint density at radius 3 is 2.88 bits per heavy atom. The van der Waals surface area contributed by atoms with Crippen LogP contribution in [0.25, 0.3) is 0 Å². The van der Waals surface area contributed by atoms with Crippen molar-refractivity contribution in [3.8, 4) is 5.75 Å². The Hall–Kier alpha value is -1.06. The quantitative estimate of drug-likeness (QED) is 0.685. The van der Waals surface area contributed by atoms with Crippen LogP contribution in [0.15, 0.2) is 24.3 Å². The van der Waals surface area contributed by atoms with E-state index in [0.717, 1.165) is 38.5 Å². The molecule has 0 aliphatic carbocycles. The zero-order valence-corrected chi connectivity index (χ0v) is 10.2. The van der Waals surface area contributed by atoms with Gasteiger partial charge in [-0.05, 0) is 24.1 Å². The molecule has 1 aromatic rings. The van der Waals surface area contributed by atoms with Gasteiger partial charge in [-0.25, -0.2) is 0 Å². The average Bonchev–Trinajstić information content (AvgIpc) is 2.34. The van der Waals surface area contributed by atoms with Gasteiger partial charge < -0.3 is 14.8 Å². The fourth-order valence-electron chi connectivity index (χ4n) is 1.41. The van der Waals surface area contributed by atoms with E-state index in [2.05, 4.69) is 18.3 Å². The van der Waals surface area contributed by atoms with Crippen molar-refractivity contribution in [3.05, 3.63) is 29.8 Å². The van der Waals surface area contributed by atoms with E-state index in [1.807, 2.05) is 18.2 Å². The molecule has 0 radical (unpaired) electrons. The Labute approximate surface area is 97.8 Å². The maximum atomic E-state index is 5.38. The van der Waals surface area contributed by atoms with Crippen molar-refractivity contribution in [2.75, 3.05) is 26.9 Å². The molecule has 0 bridgehead atoms. The molecule has 0 aromatic heterocycles. The van der Waals surface area contributed by atoms with Crippen LogP contribution in [0.1, 0.15) is 18.9 Å². The molecular weight excluding hydrogens is 202 g/mol. The van der Waals surface area contributed by atoms with Crippen LogP contribution in [0, 0.1) is 0 Å². The first-order chi connectivity index (χ1) is 7.86. The lowest BCUT2D eigenvalue weighted by Crippen LogP contribution is -2.19. The minimum absolute atomic E-state index is 0.776. The molecule has 90 valence electrons. The van der Waals surface area contributed by atoms with Gasteiger partial charge in [-0.15, -0.1) is 0 Å². The van der Waals surface area contributed by atoms with Gasteiger partial charge in [-0.1, -0.05) is 19.1 Å². The lowest BCUT2D eigenvalue weighted by atomic mass is 10.2. The molecule has 0 aliphatic rings. The summed E-state index contributed by atoms with van der Waals surface area (Å²) in [5, 5.41) is 3.33. The van der Waals surface area contributed by atoms with Crippen LogP contribution in [-0.2, 0) is 11.3 Å². The van der Waals surface area contributed by atoms with Crippen LogP contribution in [-0.4, -0.2) is 26.9 Å². The third-order valence-electron chi connectivity index (χ3n) is 2.23. The lowest BCUT2D eigenvalue weighted by Gasteiger charge is -2.07. The minimum Gasteiger partial charge on any atom is -0.497 e. The second-order valence-electron chi connectivity index (χ2n) is 3.64. The molecule has 0 unspecified atom stereocenters. The van der Waals surface area contributed by atoms with Crippen molar-refractivity contribution in [3.63, 3.8) is 0 Å². The highest BCUT2D eigenvalue weighted by Gasteiger charge is 1.95. The lowest BCUT2D eigenvalue weighted by molar-refractivity contribution is 0.136. The summed E-state index contributed by atoms with van der Waals surface area (Å²) in [7, 11) is 1.69. The molecule has 3 heteroatoms. The monoisotopic (exact) mass is 223 g/mol. The number of nitrogens with one attached hydrogen (secondary N) is 1. The van der Waals surface area contributed by atoms with E-state index < -0.39 is 0 Å². The Balaban J connectivity index is 2.16. The number of rotatable bonds is 8. The van der Waals surface area contributed by atoms with Gasteiger partial charge in [-0.3, -0.25) is 0 Å². The summed E-state index contributed by atoms with van der Waals surface area (Å²) in [6.07, 6.45) is 1.08. The molecule has 1 rings (SSSR count). The van der Waals surface area contributed by atoms with Crippen molar-refractivity contribution >= 4 is 0 Å². The van der Waals surface area contributed by atoms with Gasteiger partial charge in [0, 0.05) is 19.7 Å². The molecule has 0 atom stereocenters. The summed E-state index contributed by atoms with van der Waals surface area (Å²) < 4.78 is 10.5. The van der Waals surface area contributed by atoms with Crippen molar-refractivity contribution in [2.45, 2.75) is 19.9 Å². The first kappa shape index (κ1) is 13.0. The zero-order chi connectivity index (χ0) is 11.6. The molecule has 0 saturated heterocycles. The number of hydrogen-bond donors (Lipinski definition) is 1. The van der Waals surface area contributed by atoms with Crippen LogP contribution in [0.5, 0.6) is 5.75 Å². The highest BCUT2D eigenvalue weighted by Crippen LogP contribution is 2.11. The van der Waals surface area contributed by atoms with Gasteiger partial charge in [0.05, 0.1) is 13.7 Å². The van der Waals surface area contributed by atoms with E-state index in [9.17, 15) is 0 Å². The summed E-state index contributed by atoms with van der Waals surface area (Å²) >= 11 is 0. The summed E-state index contributed by atoms with van der Waals surface area (Å²) in [5.74, 6) is 0.904. The van der Waals surface area contributed by atoms with Crippen LogP contribution in [0.2, 0.25) is 0 Å². The summed E-state index contributed by atoms with van der Waals surface area (Å²) in [4.78, 5) is 0. The maximum absolute atomic E-state index is 5.38. The molecular formula is C13H21NO2. The summed E-state index contributed by atoms with van der Waals surface area (Å²) in [6.45, 7) is 5.48. The van der Waals surface area contributed by atoms with Gasteiger partial charge in [0.25, 0.3) is 0 Å². The predicted molar refractivity (Wildman–Crippen MR) is 65.8 cm³/mol. The third-order valence-corrected chi connectivity index (χ3v) is 2.23. The number of hydrogen-bond acceptors (Lipinski definition) is 3. The van der Waals surface area contributed by atoms with Gasteiger partial charge in [0.2, 0.25) is 0 Å². The molecule has 1 aromatic carbocycles. The first-order valence-electron chi connectivity index (χ1n) is 5.78. The summed E-state index contributed by atoms with van der Waals surface area (Å²) in [6, 6.07) is 8.08. The fourth-order valence-corrected chi connectivity index (χ4v) is 1.41. The number of benzene rings is 1. The normalized spacial score (nSPS) is 10.4. The molecule has 1 N–H and O–H groups in total. The smallest absolute Gasteiger partial charge is 0.119 e. The van der Waals surface area contributed by atoms with E-state index in [4.69, 9.17) is 9.47 Å².